The van der Waals surface area contributed by atoms with Gasteiger partial charge in [0.2, 0.25) is 5.78 Å². The Labute approximate surface area is 129 Å². The number of aromatic nitrogens is 1. The molecule has 1 aromatic heterocycles. The van der Waals surface area contributed by atoms with Gasteiger partial charge in [0.25, 0.3) is 5.91 Å². The predicted octanol–water partition coefficient (Wildman–Crippen LogP) is 3.04. The van der Waals surface area contributed by atoms with Crippen LogP contribution in [-0.2, 0) is 6.42 Å². The summed E-state index contributed by atoms with van der Waals surface area (Å²) in [7, 11) is 1.52. The Balaban J connectivity index is 2.57. The Kier molecular flexibility index (Phi) is 4.84. The molecule has 0 bridgehead atoms. The van der Waals surface area contributed by atoms with E-state index in [2.05, 4.69) is 29.9 Å². The largest absolute Gasteiger partial charge is 0.355 e. The summed E-state index contributed by atoms with van der Waals surface area (Å²) in [6, 6.07) is 9.72. The van der Waals surface area contributed by atoms with Crippen molar-refractivity contribution in [3.05, 3.63) is 66.0 Å². The van der Waals surface area contributed by atoms with Crippen LogP contribution in [0.4, 0.5) is 0 Å². The number of pyridine rings is 1. The summed E-state index contributed by atoms with van der Waals surface area (Å²) in [6.45, 7) is 5.53. The molecule has 2 rings (SSSR count). The summed E-state index contributed by atoms with van der Waals surface area (Å²) < 4.78 is 0. The molecule has 0 fully saturated rings. The Hall–Kier alpha value is -2.75. The summed E-state index contributed by atoms with van der Waals surface area (Å²) in [4.78, 5) is 28.0. The van der Waals surface area contributed by atoms with Gasteiger partial charge in [0.15, 0.2) is 0 Å². The summed E-state index contributed by atoms with van der Waals surface area (Å²) in [5.41, 5.74) is 3.34. The molecule has 0 aliphatic carbocycles. The number of rotatable bonds is 5. The molecule has 1 N–H and O–H groups in total. The van der Waals surface area contributed by atoms with Crippen molar-refractivity contribution >= 4 is 11.7 Å². The molecule has 4 nitrogen and oxygen atoms in total. The number of nitrogens with one attached hydrogen (secondary N) is 1. The number of aryl methyl sites for hydroxylation is 1. The molecule has 0 aliphatic heterocycles. The lowest BCUT2D eigenvalue weighted by atomic mass is 10.00. The molecule has 112 valence electrons. The number of nitrogens with zero attached hydrogens (tertiary/aromatic N) is 1. The Morgan fingerprint density at radius 1 is 1.27 bits per heavy atom. The second-order valence-corrected chi connectivity index (χ2v) is 4.82. The van der Waals surface area contributed by atoms with Crippen molar-refractivity contribution in [3.8, 4) is 11.1 Å². The maximum absolute atomic E-state index is 12.0. The first-order chi connectivity index (χ1) is 10.6. The average Bonchev–Trinajstić information content (AvgIpc) is 2.59. The molecule has 22 heavy (non-hydrogen) atoms. The number of ketones is 1. The van der Waals surface area contributed by atoms with Crippen LogP contribution in [-0.4, -0.2) is 23.7 Å². The molecular formula is C18H18N2O2. The van der Waals surface area contributed by atoms with Crippen molar-refractivity contribution in [2.75, 3.05) is 7.05 Å². The number of benzene rings is 1. The van der Waals surface area contributed by atoms with Gasteiger partial charge >= 0.3 is 0 Å². The van der Waals surface area contributed by atoms with E-state index < -0.39 is 0 Å². The molecular weight excluding hydrogens is 276 g/mol. The zero-order chi connectivity index (χ0) is 16.1. The molecule has 0 atom stereocenters. The van der Waals surface area contributed by atoms with Gasteiger partial charge in [-0.1, -0.05) is 37.8 Å². The van der Waals surface area contributed by atoms with E-state index in [0.29, 0.717) is 0 Å². The van der Waals surface area contributed by atoms with Gasteiger partial charge in [-0.25, -0.2) is 0 Å². The van der Waals surface area contributed by atoms with Gasteiger partial charge in [0.05, 0.1) is 5.56 Å². The lowest BCUT2D eigenvalue weighted by Gasteiger charge is -2.09. The summed E-state index contributed by atoms with van der Waals surface area (Å²) in [6.07, 6.45) is 3.70. The Bertz CT molecular complexity index is 736. The van der Waals surface area contributed by atoms with Crippen LogP contribution < -0.4 is 5.32 Å². The van der Waals surface area contributed by atoms with Crippen LogP contribution in [0.2, 0.25) is 0 Å². The van der Waals surface area contributed by atoms with Crippen molar-refractivity contribution < 1.29 is 9.59 Å². The van der Waals surface area contributed by atoms with Gasteiger partial charge in [-0.05, 0) is 29.7 Å². The summed E-state index contributed by atoms with van der Waals surface area (Å²) in [5, 5.41) is 2.54. The van der Waals surface area contributed by atoms with E-state index in [-0.39, 0.29) is 22.9 Å². The van der Waals surface area contributed by atoms with Crippen LogP contribution in [0.15, 0.2) is 49.2 Å². The molecule has 1 heterocycles. The van der Waals surface area contributed by atoms with Gasteiger partial charge in [-0.3, -0.25) is 14.6 Å². The predicted molar refractivity (Wildman–Crippen MR) is 87.0 cm³/mol. The minimum absolute atomic E-state index is 0.116. The third-order valence-corrected chi connectivity index (χ3v) is 3.45. The minimum Gasteiger partial charge on any atom is -0.355 e. The van der Waals surface area contributed by atoms with Gasteiger partial charge in [0, 0.05) is 18.8 Å². The Morgan fingerprint density at radius 2 is 2.05 bits per heavy atom. The number of amides is 1. The van der Waals surface area contributed by atoms with Crippen LogP contribution in [0.3, 0.4) is 0 Å². The van der Waals surface area contributed by atoms with Gasteiger partial charge < -0.3 is 5.32 Å². The lowest BCUT2D eigenvalue weighted by Crippen LogP contribution is -2.21. The SMILES string of the molecule is C=CC(=O)c1ncc(-c2cccc(CC)c2)cc1C(=O)NC. The molecule has 0 spiro atoms. The first kappa shape index (κ1) is 15.6. The van der Waals surface area contributed by atoms with E-state index >= 15 is 0 Å². The fourth-order valence-corrected chi connectivity index (χ4v) is 2.19. The van der Waals surface area contributed by atoms with E-state index in [1.165, 1.54) is 12.6 Å². The number of hydrogen-bond donors (Lipinski definition) is 1. The molecule has 4 heteroatoms. The second-order valence-electron chi connectivity index (χ2n) is 4.82. The fraction of sp³-hybridized carbons (Fsp3) is 0.167. The highest BCUT2D eigenvalue weighted by molar-refractivity contribution is 6.11. The zero-order valence-corrected chi connectivity index (χ0v) is 12.7. The van der Waals surface area contributed by atoms with Crippen molar-refractivity contribution in [1.82, 2.24) is 10.3 Å². The highest BCUT2D eigenvalue weighted by Crippen LogP contribution is 2.23. The van der Waals surface area contributed by atoms with E-state index in [9.17, 15) is 9.59 Å². The monoisotopic (exact) mass is 294 g/mol. The van der Waals surface area contributed by atoms with E-state index in [1.54, 1.807) is 12.3 Å². The molecule has 0 unspecified atom stereocenters. The average molecular weight is 294 g/mol. The number of hydrogen-bond acceptors (Lipinski definition) is 3. The third kappa shape index (κ3) is 3.11. The molecule has 2 aromatic rings. The quantitative estimate of drug-likeness (QED) is 0.681. The molecule has 1 aromatic carbocycles. The van der Waals surface area contributed by atoms with E-state index in [0.717, 1.165) is 23.6 Å². The van der Waals surface area contributed by atoms with Crippen LogP contribution in [0.25, 0.3) is 11.1 Å². The summed E-state index contributed by atoms with van der Waals surface area (Å²) >= 11 is 0. The zero-order valence-electron chi connectivity index (χ0n) is 12.7. The highest BCUT2D eigenvalue weighted by atomic mass is 16.2. The topological polar surface area (TPSA) is 59.1 Å². The minimum atomic E-state index is -0.368. The van der Waals surface area contributed by atoms with Crippen molar-refractivity contribution in [3.63, 3.8) is 0 Å². The number of carbonyl (C=O) groups excluding carboxylic acids is 2. The van der Waals surface area contributed by atoms with E-state index in [4.69, 9.17) is 0 Å². The van der Waals surface area contributed by atoms with Gasteiger partial charge in [-0.2, -0.15) is 0 Å². The fourth-order valence-electron chi connectivity index (χ4n) is 2.19. The van der Waals surface area contributed by atoms with Crippen LogP contribution in [0.1, 0.15) is 33.3 Å². The molecule has 0 saturated carbocycles. The maximum atomic E-state index is 12.0. The van der Waals surface area contributed by atoms with Crippen LogP contribution >= 0.6 is 0 Å². The van der Waals surface area contributed by atoms with Crippen molar-refractivity contribution in [2.45, 2.75) is 13.3 Å². The van der Waals surface area contributed by atoms with Gasteiger partial charge in [0.1, 0.15) is 5.69 Å². The number of allylic oxidation sites excluding steroid dienone is 1. The maximum Gasteiger partial charge on any atom is 0.253 e. The second kappa shape index (κ2) is 6.80. The summed E-state index contributed by atoms with van der Waals surface area (Å²) in [5.74, 6) is -0.710. The van der Waals surface area contributed by atoms with E-state index in [1.807, 2.05) is 18.2 Å². The molecule has 1 amide bonds. The normalized spacial score (nSPS) is 10.1. The Morgan fingerprint density at radius 3 is 2.68 bits per heavy atom. The van der Waals surface area contributed by atoms with Crippen molar-refractivity contribution in [2.24, 2.45) is 0 Å². The highest BCUT2D eigenvalue weighted by Gasteiger charge is 2.17. The van der Waals surface area contributed by atoms with Crippen molar-refractivity contribution in [1.29, 1.82) is 0 Å². The standard InChI is InChI=1S/C18H18N2O2/c1-4-12-7-6-8-13(9-12)14-10-15(18(22)19-3)17(20-11-14)16(21)5-2/h5-11H,2,4H2,1,3H3,(H,19,22). The number of carbonyl (C=O) groups is 2. The van der Waals surface area contributed by atoms with Crippen LogP contribution in [0.5, 0.6) is 0 Å². The molecule has 0 radical (unpaired) electrons. The first-order valence-corrected chi connectivity index (χ1v) is 7.09. The van der Waals surface area contributed by atoms with Crippen LogP contribution in [0, 0.1) is 0 Å². The molecule has 0 saturated heterocycles. The smallest absolute Gasteiger partial charge is 0.253 e. The lowest BCUT2D eigenvalue weighted by molar-refractivity contribution is 0.0950. The molecule has 0 aliphatic rings. The first-order valence-electron chi connectivity index (χ1n) is 7.09. The van der Waals surface area contributed by atoms with Gasteiger partial charge in [-0.15, -0.1) is 0 Å². The third-order valence-electron chi connectivity index (χ3n) is 3.45.